The van der Waals surface area contributed by atoms with Crippen LogP contribution >= 0.6 is 0 Å². The van der Waals surface area contributed by atoms with E-state index < -0.39 is 5.60 Å². The molecule has 1 amide bonds. The molecule has 2 saturated heterocycles. The molecule has 0 aromatic rings. The quantitative estimate of drug-likeness (QED) is 0.700. The monoisotopic (exact) mass is 254 g/mol. The van der Waals surface area contributed by atoms with Gasteiger partial charge in [0.1, 0.15) is 18.0 Å². The maximum atomic E-state index is 11.8. The van der Waals surface area contributed by atoms with E-state index in [1.165, 1.54) is 0 Å². The number of ether oxygens (including phenoxy) is 2. The predicted molar refractivity (Wildman–Crippen MR) is 68.3 cm³/mol. The lowest BCUT2D eigenvalue weighted by molar-refractivity contribution is 0.0154. The topological polar surface area (TPSA) is 45.3 Å². The molecule has 5 heteroatoms. The van der Waals surface area contributed by atoms with Gasteiger partial charge in [-0.2, -0.15) is 0 Å². The fourth-order valence-electron chi connectivity index (χ4n) is 1.83. The average molecular weight is 254 g/mol. The molecule has 102 valence electrons. The van der Waals surface area contributed by atoms with Gasteiger partial charge in [0.25, 0.3) is 0 Å². The highest BCUT2D eigenvalue weighted by molar-refractivity contribution is 5.68. The fraction of sp³-hybridized carbons (Fsp3) is 0.769. The Balaban J connectivity index is 1.72. The van der Waals surface area contributed by atoms with Crippen LogP contribution in [0.15, 0.2) is 11.8 Å². The smallest absolute Gasteiger partial charge is 0.410 e. The highest BCUT2D eigenvalue weighted by atomic mass is 16.6. The van der Waals surface area contributed by atoms with E-state index in [1.807, 2.05) is 20.8 Å². The minimum Gasteiger partial charge on any atom is -0.487 e. The van der Waals surface area contributed by atoms with E-state index in [-0.39, 0.29) is 6.09 Å². The zero-order valence-corrected chi connectivity index (χ0v) is 11.4. The SMILES string of the molecule is CC(C)(C)OC(=O)N1CCN(C/C=C2\CO2)CC1. The Morgan fingerprint density at radius 1 is 1.33 bits per heavy atom. The van der Waals surface area contributed by atoms with E-state index >= 15 is 0 Å². The van der Waals surface area contributed by atoms with Gasteiger partial charge in [-0.25, -0.2) is 4.79 Å². The second kappa shape index (κ2) is 5.18. The summed E-state index contributed by atoms with van der Waals surface area (Å²) in [6.45, 7) is 10.6. The van der Waals surface area contributed by atoms with Gasteiger partial charge in [-0.05, 0) is 26.8 Å². The molecule has 2 heterocycles. The van der Waals surface area contributed by atoms with Crippen molar-refractivity contribution < 1.29 is 14.3 Å². The van der Waals surface area contributed by atoms with Crippen molar-refractivity contribution in [2.75, 3.05) is 39.3 Å². The summed E-state index contributed by atoms with van der Waals surface area (Å²) in [7, 11) is 0. The molecule has 0 spiro atoms. The predicted octanol–water partition coefficient (Wildman–Crippen LogP) is 1.45. The van der Waals surface area contributed by atoms with Gasteiger partial charge in [-0.15, -0.1) is 0 Å². The Hall–Kier alpha value is -1.23. The first-order valence-electron chi connectivity index (χ1n) is 6.46. The summed E-state index contributed by atoms with van der Waals surface area (Å²) in [5.74, 6) is 1.09. The third-order valence-electron chi connectivity index (χ3n) is 2.91. The highest BCUT2D eigenvalue weighted by Gasteiger charge is 2.25. The first kappa shape index (κ1) is 13.2. The molecular formula is C13H22N2O3. The summed E-state index contributed by atoms with van der Waals surface area (Å²) in [5.41, 5.74) is -0.415. The molecule has 0 atom stereocenters. The number of piperazine rings is 1. The standard InChI is InChI=1S/C13H22N2O3/c1-13(2,3)18-12(16)15-8-6-14(7-9-15)5-4-11-10-17-11/h4H,5-10H2,1-3H3/b11-4+. The first-order valence-corrected chi connectivity index (χ1v) is 6.46. The minimum absolute atomic E-state index is 0.203. The third kappa shape index (κ3) is 4.22. The van der Waals surface area contributed by atoms with Crippen molar-refractivity contribution in [1.29, 1.82) is 0 Å². The largest absolute Gasteiger partial charge is 0.487 e. The second-order valence-electron chi connectivity index (χ2n) is 5.73. The van der Waals surface area contributed by atoms with Crippen LogP contribution in [0.25, 0.3) is 0 Å². The number of rotatable bonds is 2. The average Bonchev–Trinajstić information content (AvgIpc) is 3.08. The number of nitrogens with zero attached hydrogens (tertiary/aromatic N) is 2. The van der Waals surface area contributed by atoms with Gasteiger partial charge >= 0.3 is 6.09 Å². The Morgan fingerprint density at radius 2 is 1.94 bits per heavy atom. The Morgan fingerprint density at radius 3 is 2.44 bits per heavy atom. The third-order valence-corrected chi connectivity index (χ3v) is 2.91. The zero-order chi connectivity index (χ0) is 13.2. The van der Waals surface area contributed by atoms with Gasteiger partial charge in [0.2, 0.25) is 0 Å². The second-order valence-corrected chi connectivity index (χ2v) is 5.73. The van der Waals surface area contributed by atoms with Gasteiger partial charge in [0.15, 0.2) is 0 Å². The van der Waals surface area contributed by atoms with Crippen molar-refractivity contribution in [1.82, 2.24) is 9.80 Å². The Labute approximate surface area is 108 Å². The molecule has 0 radical (unpaired) electrons. The van der Waals surface area contributed by atoms with Crippen LogP contribution in [0.3, 0.4) is 0 Å². The number of epoxide rings is 1. The Bertz CT molecular complexity index is 333. The van der Waals surface area contributed by atoms with Crippen LogP contribution < -0.4 is 0 Å². The molecule has 0 saturated carbocycles. The number of hydrogen-bond donors (Lipinski definition) is 0. The van der Waals surface area contributed by atoms with Crippen LogP contribution in [-0.4, -0.2) is 60.8 Å². The van der Waals surface area contributed by atoms with Gasteiger partial charge in [0, 0.05) is 32.7 Å². The molecule has 2 aliphatic heterocycles. The lowest BCUT2D eigenvalue weighted by Crippen LogP contribution is -2.49. The van der Waals surface area contributed by atoms with Gasteiger partial charge in [0.05, 0.1) is 0 Å². The molecule has 0 aromatic heterocycles. The van der Waals surface area contributed by atoms with Crippen LogP contribution in [0, 0.1) is 0 Å². The number of carbonyl (C=O) groups excluding carboxylic acids is 1. The molecule has 2 aliphatic rings. The van der Waals surface area contributed by atoms with E-state index in [9.17, 15) is 4.79 Å². The van der Waals surface area contributed by atoms with E-state index in [0.29, 0.717) is 0 Å². The highest BCUT2D eigenvalue weighted by Crippen LogP contribution is 2.15. The number of hydrogen-bond acceptors (Lipinski definition) is 4. The van der Waals surface area contributed by atoms with Crippen molar-refractivity contribution >= 4 is 6.09 Å². The van der Waals surface area contributed by atoms with E-state index in [0.717, 1.165) is 45.1 Å². The van der Waals surface area contributed by atoms with Crippen LogP contribution in [0.2, 0.25) is 0 Å². The van der Waals surface area contributed by atoms with Gasteiger partial charge in [-0.3, -0.25) is 4.90 Å². The van der Waals surface area contributed by atoms with E-state index in [1.54, 1.807) is 4.90 Å². The normalized spacial score (nSPS) is 22.8. The van der Waals surface area contributed by atoms with Crippen LogP contribution in [-0.2, 0) is 9.47 Å². The molecule has 0 unspecified atom stereocenters. The van der Waals surface area contributed by atoms with Crippen LogP contribution in [0.5, 0.6) is 0 Å². The maximum absolute atomic E-state index is 11.8. The molecule has 0 bridgehead atoms. The van der Waals surface area contributed by atoms with Crippen molar-refractivity contribution in [3.8, 4) is 0 Å². The molecule has 2 rings (SSSR count). The lowest BCUT2D eigenvalue weighted by Gasteiger charge is -2.35. The summed E-state index contributed by atoms with van der Waals surface area (Å²) in [4.78, 5) is 15.9. The van der Waals surface area contributed by atoms with Crippen molar-refractivity contribution in [2.45, 2.75) is 26.4 Å². The van der Waals surface area contributed by atoms with Crippen LogP contribution in [0.4, 0.5) is 4.79 Å². The van der Waals surface area contributed by atoms with Crippen molar-refractivity contribution in [2.24, 2.45) is 0 Å². The molecule has 18 heavy (non-hydrogen) atoms. The van der Waals surface area contributed by atoms with E-state index in [2.05, 4.69) is 11.0 Å². The first-order chi connectivity index (χ1) is 8.44. The fourth-order valence-corrected chi connectivity index (χ4v) is 1.83. The summed E-state index contributed by atoms with van der Waals surface area (Å²) in [5, 5.41) is 0. The number of carbonyl (C=O) groups is 1. The number of amides is 1. The summed E-state index contributed by atoms with van der Waals surface area (Å²) in [6.07, 6.45) is 1.91. The molecule has 5 nitrogen and oxygen atoms in total. The summed E-state index contributed by atoms with van der Waals surface area (Å²) in [6, 6.07) is 0. The summed E-state index contributed by atoms with van der Waals surface area (Å²) >= 11 is 0. The van der Waals surface area contributed by atoms with E-state index in [4.69, 9.17) is 9.47 Å². The zero-order valence-electron chi connectivity index (χ0n) is 11.4. The van der Waals surface area contributed by atoms with Gasteiger partial charge < -0.3 is 14.4 Å². The molecule has 0 aliphatic carbocycles. The molecular weight excluding hydrogens is 232 g/mol. The lowest BCUT2D eigenvalue weighted by atomic mass is 10.2. The minimum atomic E-state index is -0.415. The molecule has 0 aromatic carbocycles. The summed E-state index contributed by atoms with van der Waals surface area (Å²) < 4.78 is 10.4. The van der Waals surface area contributed by atoms with Crippen molar-refractivity contribution in [3.63, 3.8) is 0 Å². The van der Waals surface area contributed by atoms with Gasteiger partial charge in [-0.1, -0.05) is 0 Å². The van der Waals surface area contributed by atoms with Crippen molar-refractivity contribution in [3.05, 3.63) is 11.8 Å². The Kier molecular flexibility index (Phi) is 3.80. The maximum Gasteiger partial charge on any atom is 0.410 e. The van der Waals surface area contributed by atoms with Crippen LogP contribution in [0.1, 0.15) is 20.8 Å². The molecule has 0 N–H and O–H groups in total. The molecule has 2 fully saturated rings.